The van der Waals surface area contributed by atoms with E-state index < -0.39 is 0 Å². The van der Waals surface area contributed by atoms with E-state index in [1.54, 1.807) is 7.05 Å². The van der Waals surface area contributed by atoms with Gasteiger partial charge < -0.3 is 16.0 Å². The quantitative estimate of drug-likeness (QED) is 0.433. The minimum atomic E-state index is 0.301. The van der Waals surface area contributed by atoms with Crippen LogP contribution in [-0.4, -0.2) is 44.5 Å². The Morgan fingerprint density at radius 1 is 1.50 bits per heavy atom. The van der Waals surface area contributed by atoms with Crippen LogP contribution in [0.2, 0.25) is 0 Å². The Morgan fingerprint density at radius 2 is 2.08 bits per heavy atom. The van der Waals surface area contributed by atoms with Crippen LogP contribution in [0.15, 0.2) is 9.98 Å². The average molecular weight is 171 g/mol. The van der Waals surface area contributed by atoms with Gasteiger partial charge in [-0.25, -0.2) is 9.98 Å². The van der Waals surface area contributed by atoms with Gasteiger partial charge in [0.1, 0.15) is 5.84 Å². The standard InChI is InChI=1S/C7H17N5/c1-6(12(3)4)11-7(8)10-5-9-2/h9H,5H2,1-4H3,(H2,8,10). The van der Waals surface area contributed by atoms with E-state index in [9.17, 15) is 0 Å². The fourth-order valence-corrected chi connectivity index (χ4v) is 0.461. The van der Waals surface area contributed by atoms with Crippen LogP contribution < -0.4 is 11.1 Å². The summed E-state index contributed by atoms with van der Waals surface area (Å²) in [5, 5.41) is 2.85. The molecule has 5 heteroatoms. The maximum atomic E-state index is 5.49. The number of aliphatic imine (C=N–C) groups is 2. The molecule has 0 radical (unpaired) electrons. The predicted octanol–water partition coefficient (Wildman–Crippen LogP) is -0.542. The first-order chi connectivity index (χ1) is 5.57. The molecule has 0 heterocycles. The summed E-state index contributed by atoms with van der Waals surface area (Å²) < 4.78 is 0. The lowest BCUT2D eigenvalue weighted by molar-refractivity contribution is 0.619. The monoisotopic (exact) mass is 171 g/mol. The molecule has 0 aliphatic heterocycles. The van der Waals surface area contributed by atoms with Crippen LogP contribution in [0.25, 0.3) is 0 Å². The van der Waals surface area contributed by atoms with Crippen molar-refractivity contribution >= 4 is 11.8 Å². The second-order valence-corrected chi connectivity index (χ2v) is 2.58. The number of nitrogens with two attached hydrogens (primary N) is 1. The van der Waals surface area contributed by atoms with Gasteiger partial charge in [0.15, 0.2) is 0 Å². The topological polar surface area (TPSA) is 66.0 Å². The zero-order valence-corrected chi connectivity index (χ0v) is 8.13. The summed E-state index contributed by atoms with van der Waals surface area (Å²) in [5.41, 5.74) is 5.49. The van der Waals surface area contributed by atoms with Gasteiger partial charge in [-0.05, 0) is 14.0 Å². The Kier molecular flexibility index (Phi) is 5.03. The van der Waals surface area contributed by atoms with E-state index in [0.717, 1.165) is 5.84 Å². The Hall–Kier alpha value is -1.10. The molecule has 0 aromatic carbocycles. The van der Waals surface area contributed by atoms with Crippen molar-refractivity contribution in [2.75, 3.05) is 27.8 Å². The van der Waals surface area contributed by atoms with E-state index >= 15 is 0 Å². The molecule has 12 heavy (non-hydrogen) atoms. The highest BCUT2D eigenvalue weighted by molar-refractivity contribution is 5.93. The normalized spacial score (nSPS) is 13.3. The summed E-state index contributed by atoms with van der Waals surface area (Å²) >= 11 is 0. The Balaban J connectivity index is 4.12. The summed E-state index contributed by atoms with van der Waals surface area (Å²) in [6, 6.07) is 0. The van der Waals surface area contributed by atoms with E-state index in [0.29, 0.717) is 12.6 Å². The summed E-state index contributed by atoms with van der Waals surface area (Å²) in [4.78, 5) is 9.86. The molecule has 0 bridgehead atoms. The number of guanidine groups is 1. The zero-order chi connectivity index (χ0) is 9.56. The lowest BCUT2D eigenvalue weighted by Crippen LogP contribution is -2.23. The summed E-state index contributed by atoms with van der Waals surface area (Å²) in [5.74, 6) is 1.14. The Labute approximate surface area is 73.4 Å². The van der Waals surface area contributed by atoms with Crippen LogP contribution in [-0.2, 0) is 0 Å². The van der Waals surface area contributed by atoms with Crippen molar-refractivity contribution in [2.24, 2.45) is 15.7 Å². The van der Waals surface area contributed by atoms with Gasteiger partial charge in [0, 0.05) is 14.1 Å². The Bertz CT molecular complexity index is 182. The van der Waals surface area contributed by atoms with E-state index in [-0.39, 0.29) is 0 Å². The molecule has 0 amide bonds. The van der Waals surface area contributed by atoms with Crippen molar-refractivity contribution < 1.29 is 0 Å². The van der Waals surface area contributed by atoms with Gasteiger partial charge in [0.25, 0.3) is 0 Å². The largest absolute Gasteiger partial charge is 0.368 e. The lowest BCUT2D eigenvalue weighted by atomic mass is 10.6. The van der Waals surface area contributed by atoms with E-state index in [1.165, 1.54) is 0 Å². The maximum Gasteiger partial charge on any atom is 0.218 e. The molecule has 0 aliphatic rings. The third kappa shape index (κ3) is 4.68. The molecule has 0 aliphatic carbocycles. The van der Waals surface area contributed by atoms with Crippen LogP contribution in [0.5, 0.6) is 0 Å². The molecule has 5 nitrogen and oxygen atoms in total. The minimum absolute atomic E-state index is 0.301. The summed E-state index contributed by atoms with van der Waals surface area (Å²) in [7, 11) is 5.62. The molecule has 0 fully saturated rings. The van der Waals surface area contributed by atoms with Gasteiger partial charge in [0.2, 0.25) is 5.96 Å². The van der Waals surface area contributed by atoms with E-state index in [4.69, 9.17) is 5.73 Å². The molecule has 0 saturated heterocycles. The third-order valence-electron chi connectivity index (χ3n) is 1.32. The molecule has 0 atom stereocenters. The number of nitrogens with zero attached hydrogens (tertiary/aromatic N) is 3. The van der Waals surface area contributed by atoms with Gasteiger partial charge in [-0.1, -0.05) is 0 Å². The third-order valence-corrected chi connectivity index (χ3v) is 1.32. The van der Waals surface area contributed by atoms with Gasteiger partial charge in [-0.15, -0.1) is 0 Å². The van der Waals surface area contributed by atoms with E-state index in [1.807, 2.05) is 25.9 Å². The van der Waals surface area contributed by atoms with Crippen LogP contribution in [0.3, 0.4) is 0 Å². The highest BCUT2D eigenvalue weighted by atomic mass is 15.2. The molecule has 3 N–H and O–H groups in total. The number of amidine groups is 1. The molecule has 0 unspecified atom stereocenters. The maximum absolute atomic E-state index is 5.49. The second kappa shape index (κ2) is 5.54. The molecule has 0 aromatic heterocycles. The molecular weight excluding hydrogens is 154 g/mol. The van der Waals surface area contributed by atoms with Gasteiger partial charge in [-0.3, -0.25) is 0 Å². The number of hydrogen-bond acceptors (Lipinski definition) is 2. The molecule has 0 saturated carbocycles. The molecule has 0 spiro atoms. The van der Waals surface area contributed by atoms with Gasteiger partial charge >= 0.3 is 0 Å². The molecule has 0 rings (SSSR count). The van der Waals surface area contributed by atoms with Crippen molar-refractivity contribution in [3.05, 3.63) is 0 Å². The zero-order valence-electron chi connectivity index (χ0n) is 8.13. The van der Waals surface area contributed by atoms with Crippen LogP contribution >= 0.6 is 0 Å². The average Bonchev–Trinajstić information content (AvgIpc) is 2.00. The first kappa shape index (κ1) is 10.9. The van der Waals surface area contributed by atoms with Crippen LogP contribution in [0, 0.1) is 0 Å². The fourth-order valence-electron chi connectivity index (χ4n) is 0.461. The van der Waals surface area contributed by atoms with Gasteiger partial charge in [-0.2, -0.15) is 0 Å². The van der Waals surface area contributed by atoms with Crippen LogP contribution in [0.1, 0.15) is 6.92 Å². The van der Waals surface area contributed by atoms with Gasteiger partial charge in [0.05, 0.1) is 6.67 Å². The number of nitrogens with one attached hydrogen (secondary N) is 1. The SMILES string of the molecule is CNCN=C(N)N=C(C)N(C)C. The fraction of sp³-hybridized carbons (Fsp3) is 0.714. The Morgan fingerprint density at radius 3 is 2.50 bits per heavy atom. The smallest absolute Gasteiger partial charge is 0.218 e. The first-order valence-electron chi connectivity index (χ1n) is 3.75. The predicted molar refractivity (Wildman–Crippen MR) is 52.3 cm³/mol. The number of rotatable bonds is 2. The molecule has 70 valence electrons. The van der Waals surface area contributed by atoms with Crippen molar-refractivity contribution in [2.45, 2.75) is 6.92 Å². The van der Waals surface area contributed by atoms with Crippen molar-refractivity contribution in [3.8, 4) is 0 Å². The lowest BCUT2D eigenvalue weighted by Gasteiger charge is -2.10. The summed E-state index contributed by atoms with van der Waals surface area (Å²) in [6.45, 7) is 2.37. The van der Waals surface area contributed by atoms with Crippen molar-refractivity contribution in [3.63, 3.8) is 0 Å². The van der Waals surface area contributed by atoms with E-state index in [2.05, 4.69) is 15.3 Å². The second-order valence-electron chi connectivity index (χ2n) is 2.58. The van der Waals surface area contributed by atoms with Crippen molar-refractivity contribution in [1.82, 2.24) is 10.2 Å². The molecule has 0 aromatic rings. The molecular formula is C7H17N5. The number of hydrogen-bond donors (Lipinski definition) is 2. The van der Waals surface area contributed by atoms with Crippen LogP contribution in [0.4, 0.5) is 0 Å². The highest BCUT2D eigenvalue weighted by Crippen LogP contribution is 1.82. The minimum Gasteiger partial charge on any atom is -0.368 e. The first-order valence-corrected chi connectivity index (χ1v) is 3.75. The van der Waals surface area contributed by atoms with Crippen molar-refractivity contribution in [1.29, 1.82) is 0 Å². The highest BCUT2D eigenvalue weighted by Gasteiger charge is 1.93. The summed E-state index contributed by atoms with van der Waals surface area (Å²) in [6.07, 6.45) is 0.